The number of allylic oxidation sites excluding steroid dienone is 6. The van der Waals surface area contributed by atoms with Gasteiger partial charge in [-0.05, 0) is 62.4 Å². The molecular weight excluding hydrogens is 518 g/mol. The van der Waals surface area contributed by atoms with Crippen molar-refractivity contribution in [2.45, 2.75) is 32.6 Å². The molecule has 1 fully saturated rings. The molecule has 0 saturated carbocycles. The first kappa shape index (κ1) is 25.3. The number of carbonyl (C=O) groups excluding carboxylic acids is 4. The van der Waals surface area contributed by atoms with Crippen molar-refractivity contribution in [3.05, 3.63) is 87.0 Å². The number of Topliss-reactive ketones (excluding diaryl/α,β-unsaturated/α-hetero) is 1. The van der Waals surface area contributed by atoms with Gasteiger partial charge in [0, 0.05) is 39.3 Å². The van der Waals surface area contributed by atoms with Gasteiger partial charge in [-0.25, -0.2) is 4.90 Å². The lowest BCUT2D eigenvalue weighted by molar-refractivity contribution is -0.123. The van der Waals surface area contributed by atoms with E-state index in [2.05, 4.69) is 0 Å². The number of methoxy groups -OCH3 is 1. The molecule has 7 nitrogen and oxygen atoms in total. The van der Waals surface area contributed by atoms with E-state index in [0.29, 0.717) is 45.2 Å². The van der Waals surface area contributed by atoms with Crippen LogP contribution < -0.4 is 9.64 Å². The number of ether oxygens (including phenoxy) is 1. The number of imide groups is 1. The van der Waals surface area contributed by atoms with Gasteiger partial charge in [-0.1, -0.05) is 35.4 Å². The summed E-state index contributed by atoms with van der Waals surface area (Å²) in [6.07, 6.45) is 3.82. The van der Waals surface area contributed by atoms with Crippen molar-refractivity contribution in [3.8, 4) is 11.5 Å². The van der Waals surface area contributed by atoms with Crippen LogP contribution >= 0.6 is 11.6 Å². The van der Waals surface area contributed by atoms with Crippen LogP contribution in [0.2, 0.25) is 5.02 Å². The van der Waals surface area contributed by atoms with E-state index in [-0.39, 0.29) is 35.6 Å². The fourth-order valence-electron chi connectivity index (χ4n) is 6.63. The molecule has 0 aromatic heterocycles. The van der Waals surface area contributed by atoms with E-state index in [1.54, 1.807) is 31.2 Å². The second-order valence-corrected chi connectivity index (χ2v) is 11.0. The van der Waals surface area contributed by atoms with Crippen LogP contribution in [0.5, 0.6) is 11.5 Å². The summed E-state index contributed by atoms with van der Waals surface area (Å²) in [5.41, 5.74) is 3.79. The minimum absolute atomic E-state index is 0.000872. The molecule has 1 saturated heterocycles. The molecule has 2 amide bonds. The second-order valence-electron chi connectivity index (χ2n) is 10.6. The van der Waals surface area contributed by atoms with Crippen LogP contribution in [-0.4, -0.2) is 35.6 Å². The topological polar surface area (TPSA) is 101 Å². The summed E-state index contributed by atoms with van der Waals surface area (Å²) in [6.45, 7) is 3.47. The Hall–Kier alpha value is -3.97. The molecule has 0 unspecified atom stereocenters. The lowest BCUT2D eigenvalue weighted by Gasteiger charge is -2.42. The van der Waals surface area contributed by atoms with Crippen molar-refractivity contribution >= 4 is 40.7 Å². The Kier molecular flexibility index (Phi) is 5.88. The molecule has 4 atom stereocenters. The molecule has 2 aromatic rings. The molecule has 2 aromatic carbocycles. The smallest absolute Gasteiger partial charge is 0.238 e. The Balaban J connectivity index is 1.50. The normalized spacial score (nSPS) is 26.2. The van der Waals surface area contributed by atoms with Gasteiger partial charge in [-0.15, -0.1) is 0 Å². The zero-order chi connectivity index (χ0) is 27.7. The first-order valence-corrected chi connectivity index (χ1v) is 13.2. The number of rotatable bonds is 3. The maximum Gasteiger partial charge on any atom is 0.238 e. The number of phenols is 1. The highest BCUT2D eigenvalue weighted by Gasteiger charge is 2.56. The summed E-state index contributed by atoms with van der Waals surface area (Å²) in [4.78, 5) is 55.6. The Morgan fingerprint density at radius 3 is 2.49 bits per heavy atom. The van der Waals surface area contributed by atoms with Gasteiger partial charge in [0.2, 0.25) is 11.8 Å². The fraction of sp³-hybridized carbons (Fsp3) is 0.290. The Labute approximate surface area is 230 Å². The lowest BCUT2D eigenvalue weighted by atomic mass is 9.59. The van der Waals surface area contributed by atoms with Gasteiger partial charge >= 0.3 is 0 Å². The molecule has 3 aliphatic carbocycles. The molecule has 1 N–H and O–H groups in total. The van der Waals surface area contributed by atoms with Gasteiger partial charge in [0.15, 0.2) is 11.6 Å². The monoisotopic (exact) mass is 543 g/mol. The summed E-state index contributed by atoms with van der Waals surface area (Å²) in [7, 11) is 1.47. The number of halogens is 1. The Morgan fingerprint density at radius 2 is 1.77 bits per heavy atom. The number of benzene rings is 2. The molecule has 8 heteroatoms. The number of carbonyl (C=O) groups is 4. The van der Waals surface area contributed by atoms with Crippen molar-refractivity contribution in [1.29, 1.82) is 0 Å². The quantitative estimate of drug-likeness (QED) is 0.332. The minimum Gasteiger partial charge on any atom is -0.508 e. The number of ketones is 2. The molecule has 1 aliphatic heterocycles. The molecule has 198 valence electrons. The first-order valence-electron chi connectivity index (χ1n) is 12.8. The van der Waals surface area contributed by atoms with Gasteiger partial charge in [0.1, 0.15) is 11.5 Å². The Morgan fingerprint density at radius 1 is 1.00 bits per heavy atom. The average molecular weight is 544 g/mol. The van der Waals surface area contributed by atoms with E-state index in [1.807, 2.05) is 13.0 Å². The van der Waals surface area contributed by atoms with Crippen molar-refractivity contribution in [3.63, 3.8) is 0 Å². The van der Waals surface area contributed by atoms with E-state index in [1.165, 1.54) is 30.2 Å². The largest absolute Gasteiger partial charge is 0.508 e. The number of phenolic OH excluding ortho intramolecular Hbond substituents is 1. The predicted molar refractivity (Wildman–Crippen MR) is 145 cm³/mol. The third-order valence-corrected chi connectivity index (χ3v) is 8.91. The lowest BCUT2D eigenvalue weighted by Crippen LogP contribution is -2.40. The maximum absolute atomic E-state index is 14.0. The molecule has 0 spiro atoms. The molecule has 1 heterocycles. The minimum atomic E-state index is -0.688. The molecule has 4 aliphatic rings. The van der Waals surface area contributed by atoms with E-state index in [9.17, 15) is 24.3 Å². The highest BCUT2D eigenvalue weighted by molar-refractivity contribution is 6.32. The number of amides is 2. The van der Waals surface area contributed by atoms with Gasteiger partial charge in [0.05, 0.1) is 24.6 Å². The average Bonchev–Trinajstić information content (AvgIpc) is 3.17. The molecule has 6 rings (SSSR count). The van der Waals surface area contributed by atoms with E-state index < -0.39 is 23.7 Å². The van der Waals surface area contributed by atoms with Crippen LogP contribution in [0.1, 0.15) is 36.8 Å². The summed E-state index contributed by atoms with van der Waals surface area (Å²) in [5, 5.41) is 10.6. The summed E-state index contributed by atoms with van der Waals surface area (Å²) in [6, 6.07) is 9.78. The first-order chi connectivity index (χ1) is 18.6. The Bertz CT molecular complexity index is 1600. The number of hydrogen-bond acceptors (Lipinski definition) is 6. The number of nitrogens with zero attached hydrogens (tertiary/aromatic N) is 1. The SMILES string of the molecule is COc1cc(O)ccc1[C@H]1C2=CC[C@@H]3C(=O)N(c4ccc(C)c(Cl)c4)C(=O)[C@@H]3[C@@H]2CC2=C1C(=O)C(C)=CC2=O. The third kappa shape index (κ3) is 3.71. The molecular formula is C31H26ClNO6. The third-order valence-electron chi connectivity index (χ3n) is 8.51. The van der Waals surface area contributed by atoms with Gasteiger partial charge < -0.3 is 9.84 Å². The highest BCUT2D eigenvalue weighted by atomic mass is 35.5. The number of anilines is 1. The van der Waals surface area contributed by atoms with E-state index >= 15 is 0 Å². The second kappa shape index (κ2) is 9.06. The standard InChI is InChI=1S/C31H26ClNO6/c1-14-4-5-16(11-23(14)32)33-30(37)20-9-8-18-21(27(20)31(33)38)13-22-24(35)10-15(2)29(36)28(22)26(18)19-7-6-17(34)12-25(19)39-3/h4-8,10-12,20-21,26-27,34H,9,13H2,1-3H3/t20-,21+,26+,27-/m0/s1. The van der Waals surface area contributed by atoms with Crippen LogP contribution in [-0.2, 0) is 19.2 Å². The van der Waals surface area contributed by atoms with Gasteiger partial charge in [-0.2, -0.15) is 0 Å². The van der Waals surface area contributed by atoms with Crippen molar-refractivity contribution in [2.24, 2.45) is 17.8 Å². The van der Waals surface area contributed by atoms with Crippen molar-refractivity contribution in [1.82, 2.24) is 0 Å². The summed E-state index contributed by atoms with van der Waals surface area (Å²) >= 11 is 6.33. The molecule has 39 heavy (non-hydrogen) atoms. The maximum atomic E-state index is 14.0. The predicted octanol–water partition coefficient (Wildman–Crippen LogP) is 5.00. The van der Waals surface area contributed by atoms with Crippen LogP contribution in [0, 0.1) is 24.7 Å². The highest BCUT2D eigenvalue weighted by Crippen LogP contribution is 2.56. The zero-order valence-electron chi connectivity index (χ0n) is 21.7. The van der Waals surface area contributed by atoms with Crippen LogP contribution in [0.15, 0.2) is 70.8 Å². The fourth-order valence-corrected chi connectivity index (χ4v) is 6.81. The van der Waals surface area contributed by atoms with Crippen LogP contribution in [0.4, 0.5) is 5.69 Å². The number of aromatic hydroxyl groups is 1. The number of hydrogen-bond donors (Lipinski definition) is 1. The van der Waals surface area contributed by atoms with Crippen LogP contribution in [0.25, 0.3) is 0 Å². The number of aryl methyl sites for hydroxylation is 1. The van der Waals surface area contributed by atoms with E-state index in [0.717, 1.165) is 11.1 Å². The van der Waals surface area contributed by atoms with Gasteiger partial charge in [0.25, 0.3) is 0 Å². The molecule has 0 bridgehead atoms. The van der Waals surface area contributed by atoms with Gasteiger partial charge in [-0.3, -0.25) is 19.2 Å². The number of fused-ring (bicyclic) bond motifs is 3. The van der Waals surface area contributed by atoms with E-state index in [4.69, 9.17) is 16.3 Å². The van der Waals surface area contributed by atoms with Crippen molar-refractivity contribution < 1.29 is 29.0 Å². The molecule has 0 radical (unpaired) electrons. The van der Waals surface area contributed by atoms with Crippen molar-refractivity contribution in [2.75, 3.05) is 12.0 Å². The summed E-state index contributed by atoms with van der Waals surface area (Å²) in [5.74, 6) is -3.12. The zero-order valence-corrected chi connectivity index (χ0v) is 22.4. The summed E-state index contributed by atoms with van der Waals surface area (Å²) < 4.78 is 5.59. The van der Waals surface area contributed by atoms with Crippen LogP contribution in [0.3, 0.4) is 0 Å².